The Balaban J connectivity index is 2.71. The molecular formula is C9H13N3. The number of allylic oxidation sites excluding steroid dienone is 1. The van der Waals surface area contributed by atoms with Crippen molar-refractivity contribution >= 4 is 5.57 Å². The summed E-state index contributed by atoms with van der Waals surface area (Å²) in [5.74, 6) is 0. The van der Waals surface area contributed by atoms with Gasteiger partial charge in [-0.15, -0.1) is 0 Å². The molecular weight excluding hydrogens is 150 g/mol. The first-order valence-electron chi connectivity index (χ1n) is 3.97. The van der Waals surface area contributed by atoms with Crippen LogP contribution in [0.2, 0.25) is 0 Å². The molecule has 1 aromatic heterocycles. The first-order chi connectivity index (χ1) is 5.84. The lowest BCUT2D eigenvalue weighted by Crippen LogP contribution is -1.96. The molecule has 0 bridgehead atoms. The van der Waals surface area contributed by atoms with Crippen molar-refractivity contribution in [2.75, 3.05) is 6.54 Å². The Morgan fingerprint density at radius 3 is 2.75 bits per heavy atom. The van der Waals surface area contributed by atoms with Gasteiger partial charge in [-0.2, -0.15) is 0 Å². The molecule has 64 valence electrons. The van der Waals surface area contributed by atoms with E-state index in [2.05, 4.69) is 16.0 Å². The number of rotatable bonds is 3. The van der Waals surface area contributed by atoms with Gasteiger partial charge in [-0.1, -0.05) is 6.08 Å². The standard InChI is InChI=1S/C9H13N3/c1-8(3-2-4-10)9-5-11-7-12-6-9/h3,5-7H,2,4,10H2,1H3. The summed E-state index contributed by atoms with van der Waals surface area (Å²) in [6.07, 6.45) is 8.13. The molecule has 3 nitrogen and oxygen atoms in total. The smallest absolute Gasteiger partial charge is 0.115 e. The Morgan fingerprint density at radius 2 is 2.17 bits per heavy atom. The fourth-order valence-electron chi connectivity index (χ4n) is 0.920. The van der Waals surface area contributed by atoms with Crippen LogP contribution in [0.4, 0.5) is 0 Å². The molecule has 0 saturated carbocycles. The van der Waals surface area contributed by atoms with Crippen molar-refractivity contribution in [3.05, 3.63) is 30.4 Å². The molecule has 0 amide bonds. The molecule has 1 heterocycles. The summed E-state index contributed by atoms with van der Waals surface area (Å²) in [6.45, 7) is 2.72. The quantitative estimate of drug-likeness (QED) is 0.729. The van der Waals surface area contributed by atoms with E-state index in [0.717, 1.165) is 12.0 Å². The van der Waals surface area contributed by atoms with Crippen molar-refractivity contribution in [2.45, 2.75) is 13.3 Å². The lowest BCUT2D eigenvalue weighted by atomic mass is 10.1. The van der Waals surface area contributed by atoms with Gasteiger partial charge in [0, 0.05) is 18.0 Å². The topological polar surface area (TPSA) is 51.8 Å². The van der Waals surface area contributed by atoms with Crippen LogP contribution >= 0.6 is 0 Å². The molecule has 0 aromatic carbocycles. The molecule has 0 saturated heterocycles. The fraction of sp³-hybridized carbons (Fsp3) is 0.333. The average molecular weight is 163 g/mol. The fourth-order valence-corrected chi connectivity index (χ4v) is 0.920. The lowest BCUT2D eigenvalue weighted by molar-refractivity contribution is 1.01. The maximum absolute atomic E-state index is 5.38. The molecule has 0 aliphatic carbocycles. The van der Waals surface area contributed by atoms with E-state index in [4.69, 9.17) is 5.73 Å². The highest BCUT2D eigenvalue weighted by Crippen LogP contribution is 2.10. The van der Waals surface area contributed by atoms with E-state index >= 15 is 0 Å². The summed E-state index contributed by atoms with van der Waals surface area (Å²) in [7, 11) is 0. The minimum atomic E-state index is 0.686. The average Bonchev–Trinajstić information content (AvgIpc) is 2.15. The minimum Gasteiger partial charge on any atom is -0.330 e. The second-order valence-corrected chi connectivity index (χ2v) is 2.59. The van der Waals surface area contributed by atoms with Gasteiger partial charge in [0.1, 0.15) is 6.33 Å². The molecule has 2 N–H and O–H groups in total. The van der Waals surface area contributed by atoms with Crippen LogP contribution in [-0.2, 0) is 0 Å². The van der Waals surface area contributed by atoms with Crippen LogP contribution in [0.1, 0.15) is 18.9 Å². The zero-order valence-electron chi connectivity index (χ0n) is 7.20. The van der Waals surface area contributed by atoms with E-state index in [-0.39, 0.29) is 0 Å². The first kappa shape index (κ1) is 8.87. The molecule has 0 unspecified atom stereocenters. The van der Waals surface area contributed by atoms with Crippen LogP contribution in [-0.4, -0.2) is 16.5 Å². The summed E-state index contributed by atoms with van der Waals surface area (Å²) in [5.41, 5.74) is 7.62. The molecule has 1 aromatic rings. The summed E-state index contributed by atoms with van der Waals surface area (Å²) >= 11 is 0. The number of aromatic nitrogens is 2. The van der Waals surface area contributed by atoms with Gasteiger partial charge in [0.05, 0.1) is 0 Å². The lowest BCUT2D eigenvalue weighted by Gasteiger charge is -1.98. The zero-order chi connectivity index (χ0) is 8.81. The number of nitrogens with zero attached hydrogens (tertiary/aromatic N) is 2. The normalized spacial score (nSPS) is 11.7. The van der Waals surface area contributed by atoms with Crippen LogP contribution in [0.3, 0.4) is 0 Å². The summed E-state index contributed by atoms with van der Waals surface area (Å²) in [5, 5.41) is 0. The van der Waals surface area contributed by atoms with Gasteiger partial charge in [0.15, 0.2) is 0 Å². The van der Waals surface area contributed by atoms with E-state index in [1.54, 1.807) is 12.4 Å². The third-order valence-corrected chi connectivity index (χ3v) is 1.63. The van der Waals surface area contributed by atoms with E-state index in [1.807, 2.05) is 6.92 Å². The van der Waals surface area contributed by atoms with E-state index in [9.17, 15) is 0 Å². The molecule has 3 heteroatoms. The van der Waals surface area contributed by atoms with Crippen molar-refractivity contribution in [2.24, 2.45) is 5.73 Å². The maximum atomic E-state index is 5.38. The van der Waals surface area contributed by atoms with Gasteiger partial charge in [-0.3, -0.25) is 0 Å². The van der Waals surface area contributed by atoms with Crippen molar-refractivity contribution in [1.82, 2.24) is 9.97 Å². The van der Waals surface area contributed by atoms with Crippen LogP contribution in [0.15, 0.2) is 24.8 Å². The Hall–Kier alpha value is -1.22. The number of hydrogen-bond donors (Lipinski definition) is 1. The van der Waals surface area contributed by atoms with Crippen molar-refractivity contribution in [1.29, 1.82) is 0 Å². The van der Waals surface area contributed by atoms with Gasteiger partial charge in [0.25, 0.3) is 0 Å². The molecule has 12 heavy (non-hydrogen) atoms. The first-order valence-corrected chi connectivity index (χ1v) is 3.97. The van der Waals surface area contributed by atoms with Crippen LogP contribution < -0.4 is 5.73 Å². The van der Waals surface area contributed by atoms with Gasteiger partial charge in [-0.05, 0) is 25.5 Å². The van der Waals surface area contributed by atoms with Gasteiger partial charge in [0.2, 0.25) is 0 Å². The van der Waals surface area contributed by atoms with Gasteiger partial charge in [-0.25, -0.2) is 9.97 Å². The largest absolute Gasteiger partial charge is 0.330 e. The highest BCUT2D eigenvalue weighted by atomic mass is 14.8. The van der Waals surface area contributed by atoms with Gasteiger partial charge < -0.3 is 5.73 Å². The van der Waals surface area contributed by atoms with Crippen molar-refractivity contribution < 1.29 is 0 Å². The predicted octanol–water partition coefficient (Wildman–Crippen LogP) is 1.23. The molecule has 0 radical (unpaired) electrons. The molecule has 1 rings (SSSR count). The SMILES string of the molecule is CC(=CCCN)c1cncnc1. The molecule has 0 aliphatic heterocycles. The maximum Gasteiger partial charge on any atom is 0.115 e. The van der Waals surface area contributed by atoms with E-state index in [1.165, 1.54) is 11.9 Å². The number of hydrogen-bond acceptors (Lipinski definition) is 3. The Labute approximate surface area is 72.3 Å². The van der Waals surface area contributed by atoms with Crippen LogP contribution in [0, 0.1) is 0 Å². The molecule has 0 aliphatic rings. The van der Waals surface area contributed by atoms with Gasteiger partial charge >= 0.3 is 0 Å². The van der Waals surface area contributed by atoms with Crippen LogP contribution in [0.25, 0.3) is 5.57 Å². The third kappa shape index (κ3) is 2.43. The highest BCUT2D eigenvalue weighted by molar-refractivity contribution is 5.61. The van der Waals surface area contributed by atoms with Crippen LogP contribution in [0.5, 0.6) is 0 Å². The molecule has 0 fully saturated rings. The van der Waals surface area contributed by atoms with Crippen molar-refractivity contribution in [3.8, 4) is 0 Å². The second kappa shape index (κ2) is 4.62. The summed E-state index contributed by atoms with van der Waals surface area (Å²) in [4.78, 5) is 7.86. The Kier molecular flexibility index (Phi) is 3.41. The number of nitrogens with two attached hydrogens (primary N) is 1. The minimum absolute atomic E-state index is 0.686. The summed E-state index contributed by atoms with van der Waals surface area (Å²) < 4.78 is 0. The molecule has 0 spiro atoms. The third-order valence-electron chi connectivity index (χ3n) is 1.63. The Bertz CT molecular complexity index is 254. The predicted molar refractivity (Wildman–Crippen MR) is 49.4 cm³/mol. The monoisotopic (exact) mass is 163 g/mol. The van der Waals surface area contributed by atoms with E-state index < -0.39 is 0 Å². The molecule has 0 atom stereocenters. The van der Waals surface area contributed by atoms with E-state index in [0.29, 0.717) is 6.54 Å². The Morgan fingerprint density at radius 1 is 1.50 bits per heavy atom. The second-order valence-electron chi connectivity index (χ2n) is 2.59. The van der Waals surface area contributed by atoms with Crippen molar-refractivity contribution in [3.63, 3.8) is 0 Å². The summed E-state index contributed by atoms with van der Waals surface area (Å²) in [6, 6.07) is 0. The zero-order valence-corrected chi connectivity index (χ0v) is 7.20. The highest BCUT2D eigenvalue weighted by Gasteiger charge is 1.93.